The van der Waals surface area contributed by atoms with Crippen LogP contribution in [0, 0.1) is 0 Å². The summed E-state index contributed by atoms with van der Waals surface area (Å²) >= 11 is 0. The van der Waals surface area contributed by atoms with Gasteiger partial charge in [0.05, 0.1) is 6.61 Å². The topological polar surface area (TPSA) is 70.6 Å². The lowest BCUT2D eigenvalue weighted by Crippen LogP contribution is -2.39. The summed E-state index contributed by atoms with van der Waals surface area (Å²) in [6, 6.07) is 5.87. The Morgan fingerprint density at radius 1 is 1.19 bits per heavy atom. The van der Waals surface area contributed by atoms with E-state index in [0.717, 1.165) is 50.9 Å². The van der Waals surface area contributed by atoms with Gasteiger partial charge >= 0.3 is 0 Å². The number of hydrogen-bond donors (Lipinski definition) is 3. The van der Waals surface area contributed by atoms with Crippen molar-refractivity contribution in [3.8, 4) is 0 Å². The minimum absolute atomic E-state index is 0.700. The Hall–Kier alpha value is -1.82. The largest absolute Gasteiger partial charge is 0.380 e. The van der Waals surface area contributed by atoms with Crippen molar-refractivity contribution in [2.24, 2.45) is 4.99 Å². The summed E-state index contributed by atoms with van der Waals surface area (Å²) in [5.41, 5.74) is 0. The molecule has 0 saturated heterocycles. The normalized spacial score (nSPS) is 11.2. The van der Waals surface area contributed by atoms with E-state index in [9.17, 15) is 0 Å². The van der Waals surface area contributed by atoms with E-state index in [-0.39, 0.29) is 0 Å². The molecule has 0 aliphatic heterocycles. The Kier molecular flexibility index (Phi) is 9.82. The number of guanidine groups is 1. The number of pyridine rings is 1. The van der Waals surface area contributed by atoms with Crippen LogP contribution >= 0.6 is 0 Å². The average Bonchev–Trinajstić information content (AvgIpc) is 2.53. The van der Waals surface area contributed by atoms with Gasteiger partial charge in [-0.2, -0.15) is 0 Å². The van der Waals surface area contributed by atoms with Gasteiger partial charge in [-0.05, 0) is 31.9 Å². The van der Waals surface area contributed by atoms with E-state index in [1.807, 2.05) is 25.1 Å². The van der Waals surface area contributed by atoms with Crippen molar-refractivity contribution in [1.82, 2.24) is 15.6 Å². The third-order valence-corrected chi connectivity index (χ3v) is 2.83. The molecule has 21 heavy (non-hydrogen) atoms. The molecule has 6 heteroatoms. The highest BCUT2D eigenvalue weighted by Crippen LogP contribution is 1.99. The maximum atomic E-state index is 5.27. The number of hydrogen-bond acceptors (Lipinski definition) is 4. The van der Waals surface area contributed by atoms with Crippen LogP contribution < -0.4 is 16.0 Å². The first kappa shape index (κ1) is 17.2. The number of rotatable bonds is 10. The third kappa shape index (κ3) is 8.86. The van der Waals surface area contributed by atoms with Crippen molar-refractivity contribution < 1.29 is 4.74 Å². The molecule has 3 N–H and O–H groups in total. The summed E-state index contributed by atoms with van der Waals surface area (Å²) in [6.07, 6.45) is 3.95. The van der Waals surface area contributed by atoms with E-state index in [1.165, 1.54) is 0 Å². The molecule has 1 aromatic rings. The van der Waals surface area contributed by atoms with Crippen LogP contribution in [0.2, 0.25) is 0 Å². The van der Waals surface area contributed by atoms with Gasteiger partial charge in [-0.1, -0.05) is 6.07 Å². The predicted octanol–water partition coefficient (Wildman–Crippen LogP) is 1.48. The van der Waals surface area contributed by atoms with Crippen LogP contribution in [0.5, 0.6) is 0 Å². The molecule has 118 valence electrons. The molecule has 6 nitrogen and oxygen atoms in total. The highest BCUT2D eigenvalue weighted by atomic mass is 16.5. The molecular weight excluding hydrogens is 266 g/mol. The molecule has 0 bridgehead atoms. The van der Waals surface area contributed by atoms with E-state index in [2.05, 4.69) is 25.9 Å². The van der Waals surface area contributed by atoms with E-state index in [1.54, 1.807) is 13.2 Å². The Morgan fingerprint density at radius 2 is 2.00 bits per heavy atom. The number of aliphatic imine (C=N–C) groups is 1. The summed E-state index contributed by atoms with van der Waals surface area (Å²) in [7, 11) is 1.78. The second-order valence-electron chi connectivity index (χ2n) is 4.47. The van der Waals surface area contributed by atoms with Gasteiger partial charge in [0.2, 0.25) is 0 Å². The molecule has 0 atom stereocenters. The Morgan fingerprint density at radius 3 is 2.71 bits per heavy atom. The summed E-state index contributed by atoms with van der Waals surface area (Å²) in [6.45, 7) is 6.04. The van der Waals surface area contributed by atoms with E-state index >= 15 is 0 Å². The molecule has 0 fully saturated rings. The average molecular weight is 293 g/mol. The molecule has 0 aromatic carbocycles. The number of anilines is 1. The van der Waals surface area contributed by atoms with Gasteiger partial charge in [-0.3, -0.25) is 4.99 Å². The molecular formula is C15H27N5O. The van der Waals surface area contributed by atoms with Gasteiger partial charge in [-0.15, -0.1) is 0 Å². The lowest BCUT2D eigenvalue weighted by molar-refractivity contribution is 0.152. The van der Waals surface area contributed by atoms with Gasteiger partial charge in [0.15, 0.2) is 5.96 Å². The van der Waals surface area contributed by atoms with E-state index < -0.39 is 0 Å². The van der Waals surface area contributed by atoms with Gasteiger partial charge < -0.3 is 20.7 Å². The summed E-state index contributed by atoms with van der Waals surface area (Å²) in [4.78, 5) is 8.38. The first-order valence-electron chi connectivity index (χ1n) is 7.54. The lowest BCUT2D eigenvalue weighted by Gasteiger charge is -2.12. The predicted molar refractivity (Wildman–Crippen MR) is 87.8 cm³/mol. The highest BCUT2D eigenvalue weighted by Gasteiger charge is 1.96. The van der Waals surface area contributed by atoms with Gasteiger partial charge in [-0.25, -0.2) is 4.98 Å². The molecule has 0 aliphatic carbocycles. The summed E-state index contributed by atoms with van der Waals surface area (Å²) in [5, 5.41) is 9.79. The van der Waals surface area contributed by atoms with Crippen LogP contribution in [0.15, 0.2) is 29.4 Å². The van der Waals surface area contributed by atoms with Crippen LogP contribution in [-0.2, 0) is 4.74 Å². The zero-order valence-electron chi connectivity index (χ0n) is 13.1. The number of aromatic nitrogens is 1. The zero-order chi connectivity index (χ0) is 15.2. The fourth-order valence-electron chi connectivity index (χ4n) is 1.75. The standard InChI is InChI=1S/C15H27N5O/c1-3-21-13-12-20-15(16-2)19-11-7-6-10-18-14-8-4-5-9-17-14/h4-5,8-9H,3,6-7,10-13H2,1-2H3,(H,17,18)(H2,16,19,20). The minimum atomic E-state index is 0.700. The van der Waals surface area contributed by atoms with Gasteiger partial charge in [0.1, 0.15) is 5.82 Å². The molecule has 0 spiro atoms. The van der Waals surface area contributed by atoms with Crippen molar-refractivity contribution in [3.63, 3.8) is 0 Å². The molecule has 1 aromatic heterocycles. The zero-order valence-corrected chi connectivity index (χ0v) is 13.1. The van der Waals surface area contributed by atoms with Crippen LogP contribution in [0.4, 0.5) is 5.82 Å². The van der Waals surface area contributed by atoms with Crippen LogP contribution in [-0.4, -0.2) is 50.8 Å². The maximum absolute atomic E-state index is 5.27. The van der Waals surface area contributed by atoms with Crippen molar-refractivity contribution in [3.05, 3.63) is 24.4 Å². The molecule has 0 radical (unpaired) electrons. The molecule has 1 rings (SSSR count). The molecule has 1 heterocycles. The fraction of sp³-hybridized carbons (Fsp3) is 0.600. The highest BCUT2D eigenvalue weighted by molar-refractivity contribution is 5.79. The smallest absolute Gasteiger partial charge is 0.191 e. The van der Waals surface area contributed by atoms with Crippen LogP contribution in [0.25, 0.3) is 0 Å². The van der Waals surface area contributed by atoms with Crippen molar-refractivity contribution in [2.45, 2.75) is 19.8 Å². The second kappa shape index (κ2) is 12.0. The van der Waals surface area contributed by atoms with Crippen molar-refractivity contribution >= 4 is 11.8 Å². The maximum Gasteiger partial charge on any atom is 0.191 e. The van der Waals surface area contributed by atoms with Gasteiger partial charge in [0.25, 0.3) is 0 Å². The monoisotopic (exact) mass is 293 g/mol. The third-order valence-electron chi connectivity index (χ3n) is 2.83. The lowest BCUT2D eigenvalue weighted by atomic mass is 10.3. The van der Waals surface area contributed by atoms with Gasteiger partial charge in [0, 0.05) is 39.5 Å². The second-order valence-corrected chi connectivity index (χ2v) is 4.47. The summed E-state index contributed by atoms with van der Waals surface area (Å²) in [5.74, 6) is 1.76. The number of ether oxygens (including phenoxy) is 1. The number of unbranched alkanes of at least 4 members (excludes halogenated alkanes) is 1. The van der Waals surface area contributed by atoms with Crippen molar-refractivity contribution in [2.75, 3.05) is 45.2 Å². The first-order valence-corrected chi connectivity index (χ1v) is 7.54. The SMILES string of the molecule is CCOCCNC(=NC)NCCCCNc1ccccn1. The number of nitrogens with zero attached hydrogens (tertiary/aromatic N) is 2. The Labute approximate surface area is 127 Å². The first-order chi connectivity index (χ1) is 10.4. The van der Waals surface area contributed by atoms with Crippen LogP contribution in [0.3, 0.4) is 0 Å². The Balaban J connectivity index is 1.99. The molecule has 0 aliphatic rings. The summed E-state index contributed by atoms with van der Waals surface area (Å²) < 4.78 is 5.27. The molecule has 0 amide bonds. The quantitative estimate of drug-likeness (QED) is 0.346. The number of nitrogens with one attached hydrogen (secondary N) is 3. The minimum Gasteiger partial charge on any atom is -0.380 e. The molecule has 0 unspecified atom stereocenters. The fourth-order valence-corrected chi connectivity index (χ4v) is 1.75. The van der Waals surface area contributed by atoms with E-state index in [0.29, 0.717) is 6.61 Å². The van der Waals surface area contributed by atoms with E-state index in [4.69, 9.17) is 4.74 Å². The van der Waals surface area contributed by atoms with Crippen molar-refractivity contribution in [1.29, 1.82) is 0 Å². The Bertz CT molecular complexity index is 383. The van der Waals surface area contributed by atoms with Crippen LogP contribution in [0.1, 0.15) is 19.8 Å². The molecule has 0 saturated carbocycles.